The molecule has 0 spiro atoms. The molecular formula is C9H15N3O3. The lowest BCUT2D eigenvalue weighted by atomic mass is 10.2. The summed E-state index contributed by atoms with van der Waals surface area (Å²) in [6, 6.07) is -0.447. The highest BCUT2D eigenvalue weighted by Crippen LogP contribution is 1.98. The molecule has 1 fully saturated rings. The standard InChI is InChI=1S/C9H15N3O3/c1-3-6(2)11-7(13)5-12-8(14)4-10-9(12)15/h6H,3-5H2,1-2H3,(H,10,15)(H,11,13). The monoisotopic (exact) mass is 213 g/mol. The fraction of sp³-hybridized carbons (Fsp3) is 0.667. The minimum Gasteiger partial charge on any atom is -0.352 e. The zero-order valence-electron chi connectivity index (χ0n) is 8.87. The zero-order chi connectivity index (χ0) is 11.4. The predicted octanol–water partition coefficient (Wildman–Crippen LogP) is -0.547. The van der Waals surface area contributed by atoms with Gasteiger partial charge in [-0.05, 0) is 13.3 Å². The second kappa shape index (κ2) is 4.77. The Kier molecular flexibility index (Phi) is 3.65. The van der Waals surface area contributed by atoms with Crippen LogP contribution in [0.5, 0.6) is 0 Å². The summed E-state index contributed by atoms with van der Waals surface area (Å²) in [4.78, 5) is 34.5. The Bertz CT molecular complexity index is 274. The molecule has 1 saturated heterocycles. The first-order chi connectivity index (χ1) is 7.04. The van der Waals surface area contributed by atoms with Crippen LogP contribution in [0, 0.1) is 0 Å². The van der Waals surface area contributed by atoms with Crippen molar-refractivity contribution in [1.29, 1.82) is 0 Å². The van der Waals surface area contributed by atoms with Crippen molar-refractivity contribution in [2.24, 2.45) is 0 Å². The van der Waals surface area contributed by atoms with Gasteiger partial charge in [-0.2, -0.15) is 0 Å². The number of carbonyl (C=O) groups excluding carboxylic acids is 3. The first-order valence-corrected chi connectivity index (χ1v) is 4.92. The number of hydrogen-bond donors (Lipinski definition) is 2. The van der Waals surface area contributed by atoms with Crippen LogP contribution in [0.15, 0.2) is 0 Å². The van der Waals surface area contributed by atoms with Crippen LogP contribution in [0.2, 0.25) is 0 Å². The summed E-state index contributed by atoms with van der Waals surface area (Å²) in [5, 5.41) is 5.03. The molecule has 0 bridgehead atoms. The van der Waals surface area contributed by atoms with Crippen LogP contribution < -0.4 is 10.6 Å². The van der Waals surface area contributed by atoms with Crippen LogP contribution >= 0.6 is 0 Å². The van der Waals surface area contributed by atoms with Gasteiger partial charge in [-0.25, -0.2) is 4.79 Å². The highest BCUT2D eigenvalue weighted by Gasteiger charge is 2.30. The Morgan fingerprint density at radius 3 is 2.73 bits per heavy atom. The molecule has 1 aliphatic heterocycles. The number of nitrogens with zero attached hydrogens (tertiary/aromatic N) is 1. The van der Waals surface area contributed by atoms with E-state index < -0.39 is 6.03 Å². The number of carbonyl (C=O) groups is 3. The van der Waals surface area contributed by atoms with Crippen LogP contribution in [0.25, 0.3) is 0 Å². The molecule has 15 heavy (non-hydrogen) atoms. The summed E-state index contributed by atoms with van der Waals surface area (Å²) >= 11 is 0. The van der Waals surface area contributed by atoms with E-state index in [0.717, 1.165) is 11.3 Å². The summed E-state index contributed by atoms with van der Waals surface area (Å²) in [6.07, 6.45) is 0.811. The van der Waals surface area contributed by atoms with E-state index in [1.54, 1.807) is 0 Å². The number of imide groups is 1. The summed E-state index contributed by atoms with van der Waals surface area (Å²) in [5.74, 6) is -0.672. The Balaban J connectivity index is 2.44. The molecule has 1 heterocycles. The van der Waals surface area contributed by atoms with Gasteiger partial charge < -0.3 is 10.6 Å². The topological polar surface area (TPSA) is 78.5 Å². The largest absolute Gasteiger partial charge is 0.352 e. The fourth-order valence-corrected chi connectivity index (χ4v) is 1.18. The molecule has 0 aromatic rings. The van der Waals surface area contributed by atoms with E-state index in [1.165, 1.54) is 0 Å². The van der Waals surface area contributed by atoms with Gasteiger partial charge in [-0.1, -0.05) is 6.92 Å². The molecule has 0 radical (unpaired) electrons. The van der Waals surface area contributed by atoms with E-state index in [2.05, 4.69) is 10.6 Å². The first-order valence-electron chi connectivity index (χ1n) is 4.92. The third-order valence-corrected chi connectivity index (χ3v) is 2.26. The number of hydrogen-bond acceptors (Lipinski definition) is 3. The van der Waals surface area contributed by atoms with E-state index in [9.17, 15) is 14.4 Å². The van der Waals surface area contributed by atoms with Crippen LogP contribution in [-0.2, 0) is 9.59 Å². The maximum Gasteiger partial charge on any atom is 0.325 e. The highest BCUT2D eigenvalue weighted by molar-refractivity contribution is 6.04. The maximum absolute atomic E-state index is 11.4. The third kappa shape index (κ3) is 2.93. The van der Waals surface area contributed by atoms with Crippen molar-refractivity contribution < 1.29 is 14.4 Å². The minimum absolute atomic E-state index is 0.0184. The fourth-order valence-electron chi connectivity index (χ4n) is 1.18. The van der Waals surface area contributed by atoms with Gasteiger partial charge in [0.1, 0.15) is 6.54 Å². The van der Waals surface area contributed by atoms with E-state index in [0.29, 0.717) is 0 Å². The molecule has 6 heteroatoms. The van der Waals surface area contributed by atoms with Gasteiger partial charge in [0.05, 0.1) is 6.54 Å². The van der Waals surface area contributed by atoms with Crippen molar-refractivity contribution in [3.63, 3.8) is 0 Å². The molecule has 1 unspecified atom stereocenters. The van der Waals surface area contributed by atoms with Crippen molar-refractivity contribution in [3.05, 3.63) is 0 Å². The second-order valence-electron chi connectivity index (χ2n) is 3.52. The van der Waals surface area contributed by atoms with E-state index in [-0.39, 0.29) is 30.9 Å². The first kappa shape index (κ1) is 11.5. The van der Waals surface area contributed by atoms with Crippen LogP contribution in [0.1, 0.15) is 20.3 Å². The van der Waals surface area contributed by atoms with Crippen molar-refractivity contribution in [2.75, 3.05) is 13.1 Å². The van der Waals surface area contributed by atoms with Crippen LogP contribution in [-0.4, -0.2) is 41.9 Å². The molecule has 1 atom stereocenters. The van der Waals surface area contributed by atoms with Gasteiger partial charge >= 0.3 is 6.03 Å². The Morgan fingerprint density at radius 2 is 2.27 bits per heavy atom. The molecule has 1 rings (SSSR count). The Morgan fingerprint density at radius 1 is 1.60 bits per heavy atom. The average molecular weight is 213 g/mol. The van der Waals surface area contributed by atoms with Gasteiger partial charge in [0.2, 0.25) is 5.91 Å². The molecule has 0 saturated carbocycles. The second-order valence-corrected chi connectivity index (χ2v) is 3.52. The Labute approximate surface area is 88.0 Å². The van der Waals surface area contributed by atoms with Crippen molar-refractivity contribution in [3.8, 4) is 0 Å². The maximum atomic E-state index is 11.4. The molecule has 4 amide bonds. The van der Waals surface area contributed by atoms with Crippen LogP contribution in [0.4, 0.5) is 4.79 Å². The van der Waals surface area contributed by atoms with E-state index in [1.807, 2.05) is 13.8 Å². The quantitative estimate of drug-likeness (QED) is 0.615. The normalized spacial score (nSPS) is 17.6. The summed E-state index contributed by atoms with van der Waals surface area (Å²) in [5.41, 5.74) is 0. The molecule has 6 nitrogen and oxygen atoms in total. The molecular weight excluding hydrogens is 198 g/mol. The lowest BCUT2D eigenvalue weighted by molar-refractivity contribution is -0.130. The average Bonchev–Trinajstić information content (AvgIpc) is 2.49. The van der Waals surface area contributed by atoms with Gasteiger partial charge in [0, 0.05) is 6.04 Å². The molecule has 0 aromatic heterocycles. The molecule has 2 N–H and O–H groups in total. The predicted molar refractivity (Wildman–Crippen MR) is 53.0 cm³/mol. The smallest absolute Gasteiger partial charge is 0.325 e. The zero-order valence-corrected chi connectivity index (χ0v) is 8.87. The summed E-state index contributed by atoms with van der Waals surface area (Å²) < 4.78 is 0. The minimum atomic E-state index is -0.501. The molecule has 0 aromatic carbocycles. The summed E-state index contributed by atoms with van der Waals surface area (Å²) in [6.45, 7) is 3.59. The van der Waals surface area contributed by atoms with Gasteiger partial charge in [-0.3, -0.25) is 14.5 Å². The number of urea groups is 1. The van der Waals surface area contributed by atoms with Crippen molar-refractivity contribution in [1.82, 2.24) is 15.5 Å². The summed E-state index contributed by atoms with van der Waals surface area (Å²) in [7, 11) is 0. The van der Waals surface area contributed by atoms with Gasteiger partial charge in [-0.15, -0.1) is 0 Å². The highest BCUT2D eigenvalue weighted by atomic mass is 16.2. The van der Waals surface area contributed by atoms with Crippen LogP contribution in [0.3, 0.4) is 0 Å². The molecule has 1 aliphatic rings. The lowest BCUT2D eigenvalue weighted by Crippen LogP contribution is -2.43. The van der Waals surface area contributed by atoms with E-state index >= 15 is 0 Å². The van der Waals surface area contributed by atoms with E-state index in [4.69, 9.17) is 0 Å². The van der Waals surface area contributed by atoms with Crippen molar-refractivity contribution in [2.45, 2.75) is 26.3 Å². The Hall–Kier alpha value is -1.59. The SMILES string of the molecule is CCC(C)NC(=O)CN1C(=O)CNC1=O. The third-order valence-electron chi connectivity index (χ3n) is 2.26. The lowest BCUT2D eigenvalue weighted by Gasteiger charge is -2.15. The van der Waals surface area contributed by atoms with Gasteiger partial charge in [0.15, 0.2) is 0 Å². The molecule has 84 valence electrons. The number of amides is 4. The molecule has 0 aliphatic carbocycles. The number of nitrogens with one attached hydrogen (secondary N) is 2. The van der Waals surface area contributed by atoms with Crippen molar-refractivity contribution >= 4 is 17.8 Å². The van der Waals surface area contributed by atoms with Gasteiger partial charge in [0.25, 0.3) is 5.91 Å². The number of rotatable bonds is 4.